The highest BCUT2D eigenvalue weighted by Gasteiger charge is 2.12. The molecule has 1 heterocycles. The number of hydrogen-bond donors (Lipinski definition) is 1. The van der Waals surface area contributed by atoms with E-state index in [1.54, 1.807) is 13.3 Å². The van der Waals surface area contributed by atoms with Crippen LogP contribution >= 0.6 is 0 Å². The molecule has 0 aliphatic rings. The predicted molar refractivity (Wildman–Crippen MR) is 77.7 cm³/mol. The first kappa shape index (κ1) is 14.6. The highest BCUT2D eigenvalue weighted by molar-refractivity contribution is 5.74. The van der Waals surface area contributed by atoms with Crippen molar-refractivity contribution in [1.29, 1.82) is 0 Å². The van der Waals surface area contributed by atoms with Gasteiger partial charge in [0.05, 0.1) is 12.8 Å². The average Bonchev–Trinajstić information content (AvgIpc) is 2.36. The molecule has 0 aliphatic heterocycles. The molecule has 0 spiro atoms. The fourth-order valence-electron chi connectivity index (χ4n) is 2.00. The Morgan fingerprint density at radius 3 is 2.72 bits per heavy atom. The van der Waals surface area contributed by atoms with E-state index in [4.69, 9.17) is 4.74 Å². The number of pyridine rings is 1. The van der Waals surface area contributed by atoms with Gasteiger partial charge in [0.15, 0.2) is 0 Å². The molecule has 0 saturated carbocycles. The Hall–Kier alpha value is -1.45. The Morgan fingerprint density at radius 2 is 2.17 bits per heavy atom. The molecule has 1 N–H and O–H groups in total. The third kappa shape index (κ3) is 3.79. The molecular weight excluding hydrogens is 226 g/mol. The van der Waals surface area contributed by atoms with E-state index in [-0.39, 0.29) is 0 Å². The zero-order valence-corrected chi connectivity index (χ0v) is 12.2. The molecule has 1 unspecified atom stereocenters. The molecule has 0 aliphatic carbocycles. The molecule has 1 atom stereocenters. The van der Waals surface area contributed by atoms with Gasteiger partial charge >= 0.3 is 0 Å². The maximum absolute atomic E-state index is 5.33. The summed E-state index contributed by atoms with van der Waals surface area (Å²) >= 11 is 0. The van der Waals surface area contributed by atoms with Gasteiger partial charge in [-0.25, -0.2) is 4.98 Å². The van der Waals surface area contributed by atoms with Crippen molar-refractivity contribution >= 4 is 11.4 Å². The van der Waals surface area contributed by atoms with Crippen LogP contribution in [0.1, 0.15) is 26.7 Å². The van der Waals surface area contributed by atoms with Gasteiger partial charge in [0.2, 0.25) is 5.88 Å². The normalized spacial score (nSPS) is 12.1. The lowest BCUT2D eigenvalue weighted by atomic mass is 10.1. The minimum Gasteiger partial charge on any atom is -0.479 e. The van der Waals surface area contributed by atoms with Crippen LogP contribution in [0.15, 0.2) is 12.3 Å². The third-order valence-electron chi connectivity index (χ3n) is 2.98. The molecule has 0 radical (unpaired) electrons. The van der Waals surface area contributed by atoms with E-state index in [2.05, 4.69) is 29.0 Å². The van der Waals surface area contributed by atoms with Gasteiger partial charge in [-0.05, 0) is 18.4 Å². The van der Waals surface area contributed by atoms with Gasteiger partial charge in [-0.3, -0.25) is 0 Å². The lowest BCUT2D eigenvalue weighted by Crippen LogP contribution is -2.17. The number of rotatable bonds is 7. The van der Waals surface area contributed by atoms with Crippen LogP contribution in [-0.2, 0) is 0 Å². The Labute approximate surface area is 110 Å². The minimum atomic E-state index is 0.648. The molecule has 1 aromatic rings. The van der Waals surface area contributed by atoms with Crippen molar-refractivity contribution in [3.63, 3.8) is 0 Å². The number of nitrogens with one attached hydrogen (secondary N) is 1. The van der Waals surface area contributed by atoms with Crippen LogP contribution in [-0.4, -0.2) is 32.7 Å². The molecule has 0 fully saturated rings. The van der Waals surface area contributed by atoms with Crippen molar-refractivity contribution in [2.24, 2.45) is 5.92 Å². The largest absolute Gasteiger partial charge is 0.479 e. The quantitative estimate of drug-likeness (QED) is 0.808. The lowest BCUT2D eigenvalue weighted by Gasteiger charge is -2.21. The highest BCUT2D eigenvalue weighted by atomic mass is 16.5. The second kappa shape index (κ2) is 7.09. The molecule has 4 nitrogen and oxygen atoms in total. The molecule has 0 amide bonds. The number of hydrogen-bond acceptors (Lipinski definition) is 4. The summed E-state index contributed by atoms with van der Waals surface area (Å²) in [6.45, 7) is 5.41. The fourth-order valence-corrected chi connectivity index (χ4v) is 2.00. The van der Waals surface area contributed by atoms with Gasteiger partial charge in [-0.15, -0.1) is 0 Å². The van der Waals surface area contributed by atoms with Crippen molar-refractivity contribution in [2.45, 2.75) is 26.7 Å². The summed E-state index contributed by atoms with van der Waals surface area (Å²) in [6, 6.07) is 2.00. The van der Waals surface area contributed by atoms with Crippen LogP contribution in [0.25, 0.3) is 0 Å². The second-order valence-corrected chi connectivity index (χ2v) is 4.88. The van der Waals surface area contributed by atoms with Gasteiger partial charge in [0, 0.05) is 26.8 Å². The summed E-state index contributed by atoms with van der Waals surface area (Å²) in [4.78, 5) is 6.32. The average molecular weight is 251 g/mol. The molecule has 0 saturated heterocycles. The summed E-state index contributed by atoms with van der Waals surface area (Å²) in [5.41, 5.74) is 2.08. The molecule has 0 bridgehead atoms. The van der Waals surface area contributed by atoms with E-state index in [0.29, 0.717) is 11.8 Å². The van der Waals surface area contributed by atoms with Gasteiger partial charge in [-0.2, -0.15) is 0 Å². The number of aromatic nitrogens is 1. The maximum atomic E-state index is 5.33. The van der Waals surface area contributed by atoms with Crippen LogP contribution in [0, 0.1) is 5.92 Å². The van der Waals surface area contributed by atoms with Gasteiger partial charge in [0.1, 0.15) is 5.69 Å². The van der Waals surface area contributed by atoms with E-state index in [1.807, 2.05) is 20.2 Å². The first-order valence-electron chi connectivity index (χ1n) is 6.54. The monoisotopic (exact) mass is 251 g/mol. The number of methoxy groups -OCH3 is 1. The van der Waals surface area contributed by atoms with Crippen molar-refractivity contribution in [1.82, 2.24) is 4.98 Å². The zero-order chi connectivity index (χ0) is 13.5. The maximum Gasteiger partial charge on any atom is 0.239 e. The lowest BCUT2D eigenvalue weighted by molar-refractivity contribution is 0.399. The molecule has 1 rings (SSSR count). The van der Waals surface area contributed by atoms with Crippen LogP contribution in [0.2, 0.25) is 0 Å². The SMILES string of the molecule is CCCC(C)CNc1c(N(C)C)ccnc1OC. The Morgan fingerprint density at radius 1 is 1.44 bits per heavy atom. The summed E-state index contributed by atoms with van der Waals surface area (Å²) in [6.07, 6.45) is 4.22. The Bertz CT molecular complexity index is 366. The molecule has 18 heavy (non-hydrogen) atoms. The zero-order valence-electron chi connectivity index (χ0n) is 12.2. The van der Waals surface area contributed by atoms with Crippen LogP contribution in [0.5, 0.6) is 5.88 Å². The van der Waals surface area contributed by atoms with Crippen molar-refractivity contribution < 1.29 is 4.74 Å². The van der Waals surface area contributed by atoms with E-state index in [1.165, 1.54) is 12.8 Å². The van der Waals surface area contributed by atoms with Crippen molar-refractivity contribution in [3.8, 4) is 5.88 Å². The van der Waals surface area contributed by atoms with Crippen LogP contribution in [0.4, 0.5) is 11.4 Å². The summed E-state index contributed by atoms with van der Waals surface area (Å²) < 4.78 is 5.33. The molecule has 0 aromatic carbocycles. The summed E-state index contributed by atoms with van der Waals surface area (Å²) in [5, 5.41) is 3.47. The van der Waals surface area contributed by atoms with Gasteiger partial charge in [0.25, 0.3) is 0 Å². The predicted octanol–water partition coefficient (Wildman–Crippen LogP) is 3.00. The standard InChI is InChI=1S/C14H25N3O/c1-6-7-11(2)10-16-13-12(17(3)4)8-9-15-14(13)18-5/h8-9,11,16H,6-7,10H2,1-5H3. The third-order valence-corrected chi connectivity index (χ3v) is 2.98. The highest BCUT2D eigenvalue weighted by Crippen LogP contribution is 2.32. The van der Waals surface area contributed by atoms with Crippen LogP contribution in [0.3, 0.4) is 0 Å². The number of nitrogens with zero attached hydrogens (tertiary/aromatic N) is 2. The topological polar surface area (TPSA) is 37.4 Å². The minimum absolute atomic E-state index is 0.648. The number of ether oxygens (including phenoxy) is 1. The molecule has 102 valence electrons. The smallest absolute Gasteiger partial charge is 0.239 e. The van der Waals surface area contributed by atoms with E-state index in [0.717, 1.165) is 17.9 Å². The van der Waals surface area contributed by atoms with Crippen LogP contribution < -0.4 is 15.0 Å². The fraction of sp³-hybridized carbons (Fsp3) is 0.643. The molecular formula is C14H25N3O. The Kier molecular flexibility index (Phi) is 5.75. The van der Waals surface area contributed by atoms with E-state index in [9.17, 15) is 0 Å². The van der Waals surface area contributed by atoms with Crippen molar-refractivity contribution in [2.75, 3.05) is 38.0 Å². The molecule has 4 heteroatoms. The molecule has 1 aromatic heterocycles. The Balaban J connectivity index is 2.84. The first-order valence-corrected chi connectivity index (χ1v) is 6.54. The van der Waals surface area contributed by atoms with Crippen molar-refractivity contribution in [3.05, 3.63) is 12.3 Å². The summed E-state index contributed by atoms with van der Waals surface area (Å²) in [5.74, 6) is 1.31. The second-order valence-electron chi connectivity index (χ2n) is 4.88. The summed E-state index contributed by atoms with van der Waals surface area (Å²) in [7, 11) is 5.70. The van der Waals surface area contributed by atoms with Gasteiger partial charge < -0.3 is 15.0 Å². The van der Waals surface area contributed by atoms with E-state index >= 15 is 0 Å². The first-order chi connectivity index (χ1) is 8.60. The van der Waals surface area contributed by atoms with E-state index < -0.39 is 0 Å². The van der Waals surface area contributed by atoms with Gasteiger partial charge in [-0.1, -0.05) is 20.3 Å². The number of anilines is 2.